The van der Waals surface area contributed by atoms with Crippen LogP contribution in [0.1, 0.15) is 55.2 Å². The molecule has 0 spiro atoms. The molecular weight excluding hydrogens is 334 g/mol. The van der Waals surface area contributed by atoms with Crippen molar-refractivity contribution < 1.29 is 10.2 Å². The van der Waals surface area contributed by atoms with Crippen LogP contribution in [0.3, 0.4) is 0 Å². The summed E-state index contributed by atoms with van der Waals surface area (Å²) in [7, 11) is 0. The standard InChI is InChI=1S/C24H27NO2/c1-16-6-7-20(9-21(16)25-14-19-4-2-3-5-22(19)26)23-10-17-8-18(11-23)13-24(27,12-17)15-23/h2-7,9,14,17-18,26-27H,8,10-13,15H2,1H3/t17-,18-,23?,24?/m1/s1. The second-order valence-corrected chi connectivity index (χ2v) is 9.28. The van der Waals surface area contributed by atoms with Gasteiger partial charge in [-0.15, -0.1) is 0 Å². The van der Waals surface area contributed by atoms with Crippen LogP contribution in [0.5, 0.6) is 5.75 Å². The van der Waals surface area contributed by atoms with Crippen molar-refractivity contribution >= 4 is 11.9 Å². The summed E-state index contributed by atoms with van der Waals surface area (Å²) in [6.45, 7) is 2.08. The van der Waals surface area contributed by atoms with Gasteiger partial charge in [0.25, 0.3) is 0 Å². The van der Waals surface area contributed by atoms with Gasteiger partial charge in [-0.3, -0.25) is 4.99 Å². The van der Waals surface area contributed by atoms with Crippen molar-refractivity contribution in [1.82, 2.24) is 0 Å². The molecule has 2 aromatic rings. The second kappa shape index (κ2) is 5.93. The summed E-state index contributed by atoms with van der Waals surface area (Å²) < 4.78 is 0. The summed E-state index contributed by atoms with van der Waals surface area (Å²) in [6.07, 6.45) is 8.35. The first-order chi connectivity index (χ1) is 12.9. The van der Waals surface area contributed by atoms with Gasteiger partial charge < -0.3 is 10.2 Å². The molecule has 0 unspecified atom stereocenters. The molecule has 4 fully saturated rings. The number of hydrogen-bond acceptors (Lipinski definition) is 3. The number of nitrogens with zero attached hydrogens (tertiary/aromatic N) is 1. The van der Waals surface area contributed by atoms with Gasteiger partial charge in [0.2, 0.25) is 0 Å². The zero-order chi connectivity index (χ0) is 18.6. The van der Waals surface area contributed by atoms with Crippen LogP contribution in [-0.4, -0.2) is 22.0 Å². The molecule has 3 heteroatoms. The molecule has 0 heterocycles. The number of aromatic hydroxyl groups is 1. The highest BCUT2D eigenvalue weighted by molar-refractivity contribution is 5.85. The minimum Gasteiger partial charge on any atom is -0.507 e. The Hall–Kier alpha value is -2.13. The summed E-state index contributed by atoms with van der Waals surface area (Å²) in [5.74, 6) is 1.59. The Morgan fingerprint density at radius 1 is 1.04 bits per heavy atom. The summed E-state index contributed by atoms with van der Waals surface area (Å²) in [6, 6.07) is 13.9. The van der Waals surface area contributed by atoms with Crippen molar-refractivity contribution in [3.8, 4) is 5.75 Å². The number of aryl methyl sites for hydroxylation is 1. The fourth-order valence-electron chi connectivity index (χ4n) is 6.37. The maximum atomic E-state index is 11.1. The Kier molecular flexibility index (Phi) is 3.74. The largest absolute Gasteiger partial charge is 0.507 e. The van der Waals surface area contributed by atoms with Crippen molar-refractivity contribution in [3.63, 3.8) is 0 Å². The van der Waals surface area contributed by atoms with E-state index in [-0.39, 0.29) is 11.2 Å². The van der Waals surface area contributed by atoms with Crippen molar-refractivity contribution in [2.75, 3.05) is 0 Å². The van der Waals surface area contributed by atoms with Crippen LogP contribution in [0.25, 0.3) is 0 Å². The van der Waals surface area contributed by atoms with E-state index in [0.29, 0.717) is 11.8 Å². The maximum Gasteiger partial charge on any atom is 0.124 e. The second-order valence-electron chi connectivity index (χ2n) is 9.28. The molecular formula is C24H27NO2. The van der Waals surface area contributed by atoms with E-state index in [4.69, 9.17) is 4.99 Å². The van der Waals surface area contributed by atoms with Gasteiger partial charge in [-0.05, 0) is 92.0 Å². The third kappa shape index (κ3) is 2.89. The van der Waals surface area contributed by atoms with E-state index >= 15 is 0 Å². The molecule has 2 atom stereocenters. The van der Waals surface area contributed by atoms with Crippen LogP contribution in [-0.2, 0) is 5.41 Å². The number of benzene rings is 2. The summed E-state index contributed by atoms with van der Waals surface area (Å²) in [4.78, 5) is 4.69. The molecule has 3 nitrogen and oxygen atoms in total. The highest BCUT2D eigenvalue weighted by Crippen LogP contribution is 2.62. The van der Waals surface area contributed by atoms with Crippen LogP contribution in [0.2, 0.25) is 0 Å². The highest BCUT2D eigenvalue weighted by Gasteiger charge is 2.57. The van der Waals surface area contributed by atoms with Gasteiger partial charge in [0.15, 0.2) is 0 Å². The SMILES string of the molecule is Cc1ccc(C23C[C@H]4C[C@@H](CC(O)(C4)C2)C3)cc1N=Cc1ccccc1O. The minimum absolute atomic E-state index is 0.117. The van der Waals surface area contributed by atoms with Gasteiger partial charge in [-0.1, -0.05) is 24.3 Å². The summed E-state index contributed by atoms with van der Waals surface area (Å²) in [5, 5.41) is 21.1. The lowest BCUT2D eigenvalue weighted by molar-refractivity contribution is -0.136. The molecule has 0 aliphatic heterocycles. The number of phenols is 1. The molecule has 2 aromatic carbocycles. The Bertz CT molecular complexity index is 902. The number of aliphatic hydroxyl groups is 1. The molecule has 4 bridgehead atoms. The fraction of sp³-hybridized carbons (Fsp3) is 0.458. The van der Waals surface area contributed by atoms with Gasteiger partial charge >= 0.3 is 0 Å². The van der Waals surface area contributed by atoms with Gasteiger partial charge in [0.05, 0.1) is 11.3 Å². The van der Waals surface area contributed by atoms with Gasteiger partial charge in [0, 0.05) is 11.8 Å². The first-order valence-corrected chi connectivity index (χ1v) is 10.1. The van der Waals surface area contributed by atoms with Crippen molar-refractivity contribution in [1.29, 1.82) is 0 Å². The quantitative estimate of drug-likeness (QED) is 0.753. The fourth-order valence-corrected chi connectivity index (χ4v) is 6.37. The Labute approximate surface area is 160 Å². The van der Waals surface area contributed by atoms with Crippen LogP contribution >= 0.6 is 0 Å². The van der Waals surface area contributed by atoms with Gasteiger partial charge in [-0.25, -0.2) is 0 Å². The smallest absolute Gasteiger partial charge is 0.124 e. The Balaban J connectivity index is 1.50. The lowest BCUT2D eigenvalue weighted by Crippen LogP contribution is -2.57. The summed E-state index contributed by atoms with van der Waals surface area (Å²) in [5.41, 5.74) is 3.82. The number of para-hydroxylation sites is 1. The molecule has 4 aliphatic carbocycles. The first kappa shape index (κ1) is 17.0. The minimum atomic E-state index is -0.450. The molecule has 4 aliphatic rings. The van der Waals surface area contributed by atoms with E-state index in [1.807, 2.05) is 18.2 Å². The molecule has 0 radical (unpaired) electrons. The normalized spacial score (nSPS) is 34.4. The Morgan fingerprint density at radius 2 is 1.78 bits per heavy atom. The molecule has 2 N–H and O–H groups in total. The maximum absolute atomic E-state index is 11.1. The summed E-state index contributed by atoms with van der Waals surface area (Å²) >= 11 is 0. The zero-order valence-electron chi connectivity index (χ0n) is 15.9. The van der Waals surface area contributed by atoms with Crippen LogP contribution < -0.4 is 0 Å². The van der Waals surface area contributed by atoms with Crippen LogP contribution in [0.4, 0.5) is 5.69 Å². The predicted octanol–water partition coefficient (Wildman–Crippen LogP) is 5.03. The molecule has 0 amide bonds. The van der Waals surface area contributed by atoms with Crippen molar-refractivity contribution in [2.45, 2.75) is 56.5 Å². The van der Waals surface area contributed by atoms with Crippen LogP contribution in [0.15, 0.2) is 47.5 Å². The molecule has 0 saturated heterocycles. The van der Waals surface area contributed by atoms with E-state index in [9.17, 15) is 10.2 Å². The third-order valence-electron chi connectivity index (χ3n) is 7.13. The molecule has 6 rings (SSSR count). The topological polar surface area (TPSA) is 52.8 Å². The lowest BCUT2D eigenvalue weighted by atomic mass is 9.46. The van der Waals surface area contributed by atoms with Gasteiger partial charge in [-0.2, -0.15) is 0 Å². The first-order valence-electron chi connectivity index (χ1n) is 10.1. The average molecular weight is 361 g/mol. The predicted molar refractivity (Wildman–Crippen MR) is 108 cm³/mol. The van der Waals surface area contributed by atoms with Crippen molar-refractivity contribution in [3.05, 3.63) is 59.2 Å². The third-order valence-corrected chi connectivity index (χ3v) is 7.13. The molecule has 0 aromatic heterocycles. The van der Waals surface area contributed by atoms with E-state index in [0.717, 1.165) is 36.1 Å². The zero-order valence-corrected chi connectivity index (χ0v) is 15.9. The molecule has 140 valence electrons. The lowest BCUT2D eigenvalue weighted by Gasteiger charge is -2.60. The highest BCUT2D eigenvalue weighted by atomic mass is 16.3. The average Bonchev–Trinajstić information content (AvgIpc) is 2.60. The van der Waals surface area contributed by atoms with E-state index in [2.05, 4.69) is 25.1 Å². The number of phenolic OH excluding ortho intramolecular Hbond substituents is 1. The van der Waals surface area contributed by atoms with E-state index < -0.39 is 5.60 Å². The van der Waals surface area contributed by atoms with E-state index in [1.54, 1.807) is 12.3 Å². The number of hydrogen-bond donors (Lipinski definition) is 2. The van der Waals surface area contributed by atoms with E-state index in [1.165, 1.54) is 24.8 Å². The number of rotatable bonds is 3. The van der Waals surface area contributed by atoms with Crippen molar-refractivity contribution in [2.24, 2.45) is 16.8 Å². The molecule has 27 heavy (non-hydrogen) atoms. The Morgan fingerprint density at radius 3 is 2.48 bits per heavy atom. The number of aliphatic imine (C=N–C) groups is 1. The molecule has 4 saturated carbocycles. The van der Waals surface area contributed by atoms with Crippen LogP contribution in [0, 0.1) is 18.8 Å². The monoisotopic (exact) mass is 361 g/mol. The van der Waals surface area contributed by atoms with Gasteiger partial charge in [0.1, 0.15) is 5.75 Å².